The largest absolute Gasteiger partial charge is 0.454 e. The van der Waals surface area contributed by atoms with Gasteiger partial charge in [-0.15, -0.1) is 0 Å². The Morgan fingerprint density at radius 2 is 1.91 bits per heavy atom. The molecule has 0 unspecified atom stereocenters. The van der Waals surface area contributed by atoms with E-state index >= 15 is 0 Å². The van der Waals surface area contributed by atoms with Gasteiger partial charge in [0, 0.05) is 11.6 Å². The van der Waals surface area contributed by atoms with Gasteiger partial charge in [0.05, 0.1) is 10.0 Å². The van der Waals surface area contributed by atoms with E-state index in [1.165, 1.54) is 18.2 Å². The summed E-state index contributed by atoms with van der Waals surface area (Å²) in [6.45, 7) is 3.04. The predicted molar refractivity (Wildman–Crippen MR) is 87.6 cm³/mol. The minimum atomic E-state index is -0.710. The number of carbonyl (C=O) groups excluding carboxylic acids is 3. The molecule has 1 aromatic rings. The molecule has 23 heavy (non-hydrogen) atoms. The SMILES string of the molecule is CC[C@@H](C)NC(=O)COC(=O)CNC(=O)c1ccc(Cl)c(Cl)c1. The van der Waals surface area contributed by atoms with Crippen LogP contribution < -0.4 is 10.6 Å². The Hall–Kier alpha value is -1.79. The lowest BCUT2D eigenvalue weighted by molar-refractivity contribution is -0.147. The number of ether oxygens (including phenoxy) is 1. The maximum absolute atomic E-state index is 11.8. The Bertz CT molecular complexity index is 593. The van der Waals surface area contributed by atoms with Crippen LogP contribution in [-0.4, -0.2) is 37.0 Å². The number of esters is 1. The Morgan fingerprint density at radius 3 is 2.52 bits per heavy atom. The summed E-state index contributed by atoms with van der Waals surface area (Å²) in [7, 11) is 0. The maximum atomic E-state index is 11.8. The van der Waals surface area contributed by atoms with Crippen molar-refractivity contribution in [3.8, 4) is 0 Å². The van der Waals surface area contributed by atoms with Crippen molar-refractivity contribution in [2.75, 3.05) is 13.2 Å². The minimum absolute atomic E-state index is 0.00978. The number of hydrogen-bond acceptors (Lipinski definition) is 4. The second-order valence-corrected chi connectivity index (χ2v) is 5.66. The van der Waals surface area contributed by atoms with Gasteiger partial charge < -0.3 is 15.4 Å². The second-order valence-electron chi connectivity index (χ2n) is 4.85. The second kappa shape index (κ2) is 9.37. The molecule has 8 heteroatoms. The molecule has 1 atom stereocenters. The highest BCUT2D eigenvalue weighted by molar-refractivity contribution is 6.42. The van der Waals surface area contributed by atoms with Crippen molar-refractivity contribution in [1.82, 2.24) is 10.6 Å². The zero-order chi connectivity index (χ0) is 17.4. The van der Waals surface area contributed by atoms with Crippen LogP contribution in [0, 0.1) is 0 Å². The molecular weight excluding hydrogens is 343 g/mol. The number of nitrogens with one attached hydrogen (secondary N) is 2. The number of amides is 2. The normalized spacial score (nSPS) is 11.5. The van der Waals surface area contributed by atoms with Crippen LogP contribution in [0.1, 0.15) is 30.6 Å². The summed E-state index contributed by atoms with van der Waals surface area (Å²) >= 11 is 11.6. The lowest BCUT2D eigenvalue weighted by atomic mass is 10.2. The Balaban J connectivity index is 2.36. The van der Waals surface area contributed by atoms with E-state index in [0.717, 1.165) is 6.42 Å². The van der Waals surface area contributed by atoms with Crippen molar-refractivity contribution in [3.63, 3.8) is 0 Å². The predicted octanol–water partition coefficient (Wildman–Crippen LogP) is 2.18. The average Bonchev–Trinajstić information content (AvgIpc) is 2.52. The van der Waals surface area contributed by atoms with E-state index in [4.69, 9.17) is 27.9 Å². The highest BCUT2D eigenvalue weighted by atomic mass is 35.5. The number of carbonyl (C=O) groups is 3. The van der Waals surface area contributed by atoms with E-state index in [1.807, 2.05) is 13.8 Å². The van der Waals surface area contributed by atoms with Gasteiger partial charge in [0.2, 0.25) is 0 Å². The molecule has 0 saturated heterocycles. The van der Waals surface area contributed by atoms with Crippen LogP contribution in [0.15, 0.2) is 18.2 Å². The molecule has 126 valence electrons. The third-order valence-electron chi connectivity index (χ3n) is 2.96. The number of halogens is 2. The topological polar surface area (TPSA) is 84.5 Å². The van der Waals surface area contributed by atoms with Gasteiger partial charge in [-0.25, -0.2) is 0 Å². The molecule has 0 radical (unpaired) electrons. The molecule has 0 saturated carbocycles. The summed E-state index contributed by atoms with van der Waals surface area (Å²) in [4.78, 5) is 34.8. The molecular formula is C15H18Cl2N2O4. The van der Waals surface area contributed by atoms with Crippen LogP contribution in [0.5, 0.6) is 0 Å². The van der Waals surface area contributed by atoms with Gasteiger partial charge in [0.25, 0.3) is 11.8 Å². The Labute approximate surface area is 144 Å². The molecule has 0 bridgehead atoms. The van der Waals surface area contributed by atoms with Crippen LogP contribution in [0.25, 0.3) is 0 Å². The Morgan fingerprint density at radius 1 is 1.22 bits per heavy atom. The molecule has 0 aliphatic heterocycles. The molecule has 1 rings (SSSR count). The van der Waals surface area contributed by atoms with Crippen LogP contribution >= 0.6 is 23.2 Å². The van der Waals surface area contributed by atoms with Crippen molar-refractivity contribution < 1.29 is 19.1 Å². The highest BCUT2D eigenvalue weighted by Gasteiger charge is 2.12. The fourth-order valence-electron chi connectivity index (χ4n) is 1.51. The summed E-state index contributed by atoms with van der Waals surface area (Å²) in [6, 6.07) is 4.37. The zero-order valence-corrected chi connectivity index (χ0v) is 14.3. The fraction of sp³-hybridized carbons (Fsp3) is 0.400. The van der Waals surface area contributed by atoms with Crippen molar-refractivity contribution in [3.05, 3.63) is 33.8 Å². The highest BCUT2D eigenvalue weighted by Crippen LogP contribution is 2.22. The molecule has 0 aliphatic carbocycles. The molecule has 0 aliphatic rings. The summed E-state index contributed by atoms with van der Waals surface area (Å²) in [5.74, 6) is -1.59. The first-order chi connectivity index (χ1) is 10.8. The summed E-state index contributed by atoms with van der Waals surface area (Å²) in [6.07, 6.45) is 0.777. The van der Waals surface area contributed by atoms with Gasteiger partial charge >= 0.3 is 5.97 Å². The standard InChI is InChI=1S/C15H18Cl2N2O4/c1-3-9(2)19-13(20)8-23-14(21)7-18-15(22)10-4-5-11(16)12(17)6-10/h4-6,9H,3,7-8H2,1-2H3,(H,18,22)(H,19,20)/t9-/m1/s1. The monoisotopic (exact) mass is 360 g/mol. The van der Waals surface area contributed by atoms with Crippen molar-refractivity contribution in [1.29, 1.82) is 0 Å². The van der Waals surface area contributed by atoms with E-state index in [-0.39, 0.29) is 35.7 Å². The number of hydrogen-bond donors (Lipinski definition) is 2. The molecule has 2 amide bonds. The summed E-state index contributed by atoms with van der Waals surface area (Å²) in [5.41, 5.74) is 0.265. The van der Waals surface area contributed by atoms with E-state index < -0.39 is 11.9 Å². The van der Waals surface area contributed by atoms with Crippen LogP contribution in [0.3, 0.4) is 0 Å². The molecule has 0 spiro atoms. The number of benzene rings is 1. The van der Waals surface area contributed by atoms with E-state index in [1.54, 1.807) is 0 Å². The van der Waals surface area contributed by atoms with E-state index in [0.29, 0.717) is 5.02 Å². The van der Waals surface area contributed by atoms with Gasteiger partial charge in [-0.1, -0.05) is 30.1 Å². The van der Waals surface area contributed by atoms with E-state index in [9.17, 15) is 14.4 Å². The first kappa shape index (κ1) is 19.3. The van der Waals surface area contributed by atoms with E-state index in [2.05, 4.69) is 10.6 Å². The van der Waals surface area contributed by atoms with Crippen LogP contribution in [0.2, 0.25) is 10.0 Å². The quantitative estimate of drug-likeness (QED) is 0.729. The Kier molecular flexibility index (Phi) is 7.85. The molecule has 0 heterocycles. The van der Waals surface area contributed by atoms with Crippen molar-refractivity contribution in [2.45, 2.75) is 26.3 Å². The van der Waals surface area contributed by atoms with Gasteiger partial charge in [-0.05, 0) is 31.5 Å². The molecule has 0 fully saturated rings. The third-order valence-corrected chi connectivity index (χ3v) is 3.70. The fourth-order valence-corrected chi connectivity index (χ4v) is 1.81. The first-order valence-corrected chi connectivity index (χ1v) is 7.77. The smallest absolute Gasteiger partial charge is 0.325 e. The van der Waals surface area contributed by atoms with Crippen LogP contribution in [0.4, 0.5) is 0 Å². The minimum Gasteiger partial charge on any atom is -0.454 e. The van der Waals surface area contributed by atoms with Crippen molar-refractivity contribution in [2.24, 2.45) is 0 Å². The first-order valence-electron chi connectivity index (χ1n) is 7.01. The molecule has 2 N–H and O–H groups in total. The molecule has 1 aromatic carbocycles. The maximum Gasteiger partial charge on any atom is 0.325 e. The number of rotatable bonds is 7. The lowest BCUT2D eigenvalue weighted by Crippen LogP contribution is -2.37. The zero-order valence-electron chi connectivity index (χ0n) is 12.8. The van der Waals surface area contributed by atoms with Gasteiger partial charge in [0.1, 0.15) is 6.54 Å². The lowest BCUT2D eigenvalue weighted by Gasteiger charge is -2.11. The van der Waals surface area contributed by atoms with Crippen LogP contribution in [-0.2, 0) is 14.3 Å². The molecule has 0 aromatic heterocycles. The average molecular weight is 361 g/mol. The summed E-state index contributed by atoms with van der Waals surface area (Å²) < 4.78 is 4.77. The van der Waals surface area contributed by atoms with Crippen molar-refractivity contribution >= 4 is 41.0 Å². The van der Waals surface area contributed by atoms with Gasteiger partial charge in [-0.2, -0.15) is 0 Å². The molecule has 6 nitrogen and oxygen atoms in total. The third kappa shape index (κ3) is 6.88. The van der Waals surface area contributed by atoms with Gasteiger partial charge in [-0.3, -0.25) is 14.4 Å². The van der Waals surface area contributed by atoms with Gasteiger partial charge in [0.15, 0.2) is 6.61 Å². The summed E-state index contributed by atoms with van der Waals surface area (Å²) in [5, 5.41) is 5.60.